The van der Waals surface area contributed by atoms with Gasteiger partial charge in [0.25, 0.3) is 0 Å². The van der Waals surface area contributed by atoms with Gasteiger partial charge in [-0.25, -0.2) is 4.79 Å². The molecular formula is C38H53NO5. The molecule has 4 heterocycles. The molecule has 6 nitrogen and oxygen atoms in total. The van der Waals surface area contributed by atoms with Gasteiger partial charge in [0, 0.05) is 30.5 Å². The van der Waals surface area contributed by atoms with Crippen molar-refractivity contribution in [2.24, 2.45) is 23.7 Å². The Morgan fingerprint density at radius 1 is 1.09 bits per heavy atom. The van der Waals surface area contributed by atoms with Crippen molar-refractivity contribution in [3.63, 3.8) is 0 Å². The minimum Gasteiger partial charge on any atom is -0.492 e. The first-order valence-electron chi connectivity index (χ1n) is 17.5. The van der Waals surface area contributed by atoms with Crippen molar-refractivity contribution < 1.29 is 24.1 Å². The fraction of sp³-hybridized carbons (Fsp3) is 0.658. The normalized spacial score (nSPS) is 31.7. The second-order valence-electron chi connectivity index (χ2n) is 14.2. The van der Waals surface area contributed by atoms with E-state index in [-0.39, 0.29) is 36.0 Å². The number of methoxy groups -OCH3 is 1. The molecule has 0 bridgehead atoms. The molecule has 6 unspecified atom stereocenters. The Morgan fingerprint density at radius 3 is 2.66 bits per heavy atom. The first-order chi connectivity index (χ1) is 21.4. The highest BCUT2D eigenvalue weighted by molar-refractivity contribution is 5.93. The van der Waals surface area contributed by atoms with Crippen LogP contribution in [0.15, 0.2) is 59.0 Å². The van der Waals surface area contributed by atoms with E-state index in [1.165, 1.54) is 56.1 Å². The number of aliphatic hydroxyl groups excluding tert-OH is 1. The molecule has 5 aliphatic rings. The van der Waals surface area contributed by atoms with Gasteiger partial charge in [-0.3, -0.25) is 4.90 Å². The molecule has 4 aliphatic heterocycles. The number of piperidine rings is 1. The SMILES string of the molecule is CCCCCc1cccc(CC2CC(C(O)CC3CCCC3)N3CCC=C4OC(=C5OC(=O)C(C)=C5OC)C(C)C4C3C2)c1. The number of rotatable bonds is 10. The third kappa shape index (κ3) is 6.39. The molecule has 0 amide bonds. The van der Waals surface area contributed by atoms with Crippen LogP contribution in [0.3, 0.4) is 0 Å². The lowest BCUT2D eigenvalue weighted by Crippen LogP contribution is -2.57. The number of unbranched alkanes of at least 4 members (excludes halogenated alkanes) is 2. The minimum atomic E-state index is -0.368. The van der Waals surface area contributed by atoms with Gasteiger partial charge in [-0.05, 0) is 80.9 Å². The van der Waals surface area contributed by atoms with Gasteiger partial charge in [0.1, 0.15) is 5.76 Å². The summed E-state index contributed by atoms with van der Waals surface area (Å²) in [7, 11) is 1.58. The summed E-state index contributed by atoms with van der Waals surface area (Å²) in [5, 5.41) is 11.9. The van der Waals surface area contributed by atoms with Crippen molar-refractivity contribution in [2.75, 3.05) is 13.7 Å². The molecule has 2 saturated heterocycles. The molecule has 1 saturated carbocycles. The number of nitrogens with zero attached hydrogens (tertiary/aromatic N) is 1. The minimum absolute atomic E-state index is 0.0268. The van der Waals surface area contributed by atoms with E-state index < -0.39 is 0 Å². The van der Waals surface area contributed by atoms with Gasteiger partial charge in [-0.1, -0.05) is 76.6 Å². The average Bonchev–Trinajstić information content (AvgIpc) is 3.68. The van der Waals surface area contributed by atoms with E-state index in [0.717, 1.165) is 50.8 Å². The number of carbonyl (C=O) groups excluding carboxylic acids is 1. The molecule has 6 heteroatoms. The smallest absolute Gasteiger partial charge is 0.343 e. The van der Waals surface area contributed by atoms with E-state index in [1.54, 1.807) is 14.0 Å². The second kappa shape index (κ2) is 13.8. The first kappa shape index (κ1) is 31.4. The summed E-state index contributed by atoms with van der Waals surface area (Å²) in [6, 6.07) is 9.65. The maximum Gasteiger partial charge on any atom is 0.343 e. The summed E-state index contributed by atoms with van der Waals surface area (Å²) >= 11 is 0. The number of carbonyl (C=O) groups is 1. The maximum atomic E-state index is 12.5. The highest BCUT2D eigenvalue weighted by Crippen LogP contribution is 2.50. The fourth-order valence-corrected chi connectivity index (χ4v) is 8.99. The van der Waals surface area contributed by atoms with Gasteiger partial charge in [-0.15, -0.1) is 0 Å². The standard InChI is InChI=1S/C38H53NO5/c1-5-6-7-12-26-15-10-16-28(19-26)20-29-21-30(32(40)23-27-13-8-9-14-27)39-18-11-17-33-34(31(39)22-29)24(2)36(43-33)37-35(42-4)25(3)38(41)44-37/h10,15-17,19,24,27,29-32,34,40H,5-9,11-14,18,20-23H2,1-4H3. The van der Waals surface area contributed by atoms with Gasteiger partial charge >= 0.3 is 5.97 Å². The zero-order valence-electron chi connectivity index (χ0n) is 27.4. The molecule has 0 aromatic heterocycles. The molecule has 1 aliphatic carbocycles. The molecule has 240 valence electrons. The lowest BCUT2D eigenvalue weighted by molar-refractivity contribution is -0.133. The highest BCUT2D eigenvalue weighted by atomic mass is 16.6. The first-order valence-corrected chi connectivity index (χ1v) is 17.5. The monoisotopic (exact) mass is 603 g/mol. The topological polar surface area (TPSA) is 68.2 Å². The number of aliphatic hydroxyl groups is 1. The zero-order chi connectivity index (χ0) is 30.8. The third-order valence-corrected chi connectivity index (χ3v) is 11.2. The Hall–Kier alpha value is -2.57. The Bertz CT molecular complexity index is 1290. The van der Waals surface area contributed by atoms with Crippen molar-refractivity contribution in [3.8, 4) is 0 Å². The van der Waals surface area contributed by atoms with Crippen LogP contribution in [0.25, 0.3) is 0 Å². The van der Waals surface area contributed by atoms with Gasteiger partial charge < -0.3 is 19.3 Å². The Balaban J connectivity index is 1.29. The van der Waals surface area contributed by atoms with E-state index in [9.17, 15) is 9.90 Å². The number of cyclic esters (lactones) is 1. The summed E-state index contributed by atoms with van der Waals surface area (Å²) in [5.41, 5.74) is 3.36. The van der Waals surface area contributed by atoms with Gasteiger partial charge in [0.15, 0.2) is 11.5 Å². The summed E-state index contributed by atoms with van der Waals surface area (Å²) in [6.07, 6.45) is 16.9. The van der Waals surface area contributed by atoms with Gasteiger partial charge in [0.05, 0.1) is 18.8 Å². The highest BCUT2D eigenvalue weighted by Gasteiger charge is 2.51. The third-order valence-electron chi connectivity index (χ3n) is 11.2. The molecule has 1 N–H and O–H groups in total. The van der Waals surface area contributed by atoms with Crippen LogP contribution < -0.4 is 0 Å². The maximum absolute atomic E-state index is 12.5. The average molecular weight is 604 g/mol. The number of fused-ring (bicyclic) bond motifs is 3. The van der Waals surface area contributed by atoms with E-state index in [4.69, 9.17) is 14.2 Å². The van der Waals surface area contributed by atoms with E-state index in [0.29, 0.717) is 34.7 Å². The van der Waals surface area contributed by atoms with Crippen LogP contribution in [0.5, 0.6) is 0 Å². The number of hydrogen-bond donors (Lipinski definition) is 1. The molecule has 6 rings (SSSR count). The summed E-state index contributed by atoms with van der Waals surface area (Å²) in [5.74, 6) is 3.54. The molecule has 6 atom stereocenters. The number of allylic oxidation sites excluding steroid dienone is 1. The van der Waals surface area contributed by atoms with Gasteiger partial charge in [0.2, 0.25) is 5.76 Å². The molecule has 0 spiro atoms. The molecule has 1 aromatic carbocycles. The number of esters is 1. The molecular weight excluding hydrogens is 550 g/mol. The Morgan fingerprint density at radius 2 is 1.89 bits per heavy atom. The number of benzene rings is 1. The van der Waals surface area contributed by atoms with Gasteiger partial charge in [-0.2, -0.15) is 0 Å². The van der Waals surface area contributed by atoms with E-state index in [1.807, 2.05) is 0 Å². The fourth-order valence-electron chi connectivity index (χ4n) is 8.99. The van der Waals surface area contributed by atoms with Crippen LogP contribution in [0, 0.1) is 23.7 Å². The van der Waals surface area contributed by atoms with Crippen LogP contribution >= 0.6 is 0 Å². The van der Waals surface area contributed by atoms with Crippen LogP contribution in [0.2, 0.25) is 0 Å². The van der Waals surface area contributed by atoms with Crippen LogP contribution in [0.4, 0.5) is 0 Å². The molecule has 44 heavy (non-hydrogen) atoms. The van der Waals surface area contributed by atoms with Crippen LogP contribution in [0.1, 0.15) is 103 Å². The van der Waals surface area contributed by atoms with Crippen molar-refractivity contribution in [1.29, 1.82) is 0 Å². The largest absolute Gasteiger partial charge is 0.492 e. The van der Waals surface area contributed by atoms with Crippen molar-refractivity contribution >= 4 is 5.97 Å². The summed E-state index contributed by atoms with van der Waals surface area (Å²) in [6.45, 7) is 7.16. The summed E-state index contributed by atoms with van der Waals surface area (Å²) < 4.78 is 17.9. The molecule has 1 aromatic rings. The van der Waals surface area contributed by atoms with Crippen molar-refractivity contribution in [3.05, 3.63) is 70.1 Å². The summed E-state index contributed by atoms with van der Waals surface area (Å²) in [4.78, 5) is 15.1. The number of hydrogen-bond acceptors (Lipinski definition) is 6. The lowest BCUT2D eigenvalue weighted by Gasteiger charge is -2.49. The zero-order valence-corrected chi connectivity index (χ0v) is 27.4. The lowest BCUT2D eigenvalue weighted by atomic mass is 9.73. The number of ether oxygens (including phenoxy) is 3. The molecule has 3 fully saturated rings. The van der Waals surface area contributed by atoms with E-state index >= 15 is 0 Å². The quantitative estimate of drug-likeness (QED) is 0.219. The predicted molar refractivity (Wildman–Crippen MR) is 172 cm³/mol. The van der Waals surface area contributed by atoms with Crippen LogP contribution in [-0.4, -0.2) is 47.8 Å². The Labute approximate surface area is 264 Å². The van der Waals surface area contributed by atoms with Crippen molar-refractivity contribution in [2.45, 2.75) is 122 Å². The molecule has 0 radical (unpaired) electrons. The van der Waals surface area contributed by atoms with E-state index in [2.05, 4.69) is 49.1 Å². The Kier molecular flexibility index (Phi) is 9.87. The predicted octanol–water partition coefficient (Wildman–Crippen LogP) is 7.61. The second-order valence-corrected chi connectivity index (χ2v) is 14.2. The van der Waals surface area contributed by atoms with Crippen LogP contribution in [-0.2, 0) is 31.8 Å². The van der Waals surface area contributed by atoms with Crippen molar-refractivity contribution in [1.82, 2.24) is 4.90 Å². The number of aryl methyl sites for hydroxylation is 1.